The van der Waals surface area contributed by atoms with Gasteiger partial charge in [0.25, 0.3) is 0 Å². The molecule has 0 unspecified atom stereocenters. The second kappa shape index (κ2) is 21.1. The third-order valence-electron chi connectivity index (χ3n) is 11.8. The number of ether oxygens (including phenoxy) is 1. The third kappa shape index (κ3) is 11.5. The zero-order valence-electron chi connectivity index (χ0n) is 35.3. The average Bonchev–Trinajstić information content (AvgIpc) is 3.26. The maximum Gasteiger partial charge on any atom is 0.432 e. The summed E-state index contributed by atoms with van der Waals surface area (Å²) in [7, 11) is 0. The van der Waals surface area contributed by atoms with Gasteiger partial charge in [0.1, 0.15) is 28.8 Å². The average molecular weight is 857 g/mol. The molecular weight excluding hydrogens is 805 g/mol. The van der Waals surface area contributed by atoms with Gasteiger partial charge in [0.05, 0.1) is 0 Å². The molecule has 326 valence electrons. The number of halogens is 8. The molecule has 9 heteroatoms. The van der Waals surface area contributed by atoms with E-state index in [1.807, 2.05) is 31.2 Å². The smallest absolute Gasteiger partial charge is 0.429 e. The van der Waals surface area contributed by atoms with Crippen molar-refractivity contribution in [2.24, 2.45) is 5.92 Å². The molecule has 1 nitrogen and oxygen atoms in total. The van der Waals surface area contributed by atoms with Crippen LogP contribution in [0.15, 0.2) is 115 Å². The molecule has 0 N–H and O–H groups in total. The Morgan fingerprint density at radius 2 is 1.05 bits per heavy atom. The van der Waals surface area contributed by atoms with Crippen LogP contribution in [-0.4, -0.2) is 0 Å². The molecule has 1 aliphatic rings. The van der Waals surface area contributed by atoms with Crippen LogP contribution in [0.25, 0.3) is 33.4 Å². The highest BCUT2D eigenvalue weighted by atomic mass is 19.3. The molecule has 62 heavy (non-hydrogen) atoms. The molecule has 0 heterocycles. The van der Waals surface area contributed by atoms with Crippen molar-refractivity contribution in [3.05, 3.63) is 172 Å². The highest BCUT2D eigenvalue weighted by molar-refractivity contribution is 5.71. The Morgan fingerprint density at radius 3 is 1.61 bits per heavy atom. The van der Waals surface area contributed by atoms with Crippen LogP contribution in [0.5, 0.6) is 5.75 Å². The van der Waals surface area contributed by atoms with Crippen LogP contribution in [-0.2, 0) is 19.0 Å². The quantitative estimate of drug-likeness (QED) is 0.0602. The van der Waals surface area contributed by atoms with Crippen molar-refractivity contribution < 1.29 is 39.9 Å². The van der Waals surface area contributed by atoms with E-state index in [0.29, 0.717) is 29.2 Å². The molecule has 0 saturated heterocycles. The summed E-state index contributed by atoms with van der Waals surface area (Å²) in [5, 5.41) is 0. The molecule has 0 atom stereocenters. The molecular formula is C53H52F8O. The number of hydrogen-bond acceptors (Lipinski definition) is 1. The van der Waals surface area contributed by atoms with Gasteiger partial charge < -0.3 is 4.74 Å². The molecule has 1 fully saturated rings. The highest BCUT2D eigenvalue weighted by Crippen LogP contribution is 2.40. The van der Waals surface area contributed by atoms with Gasteiger partial charge >= 0.3 is 6.11 Å². The van der Waals surface area contributed by atoms with Gasteiger partial charge in [-0.15, -0.1) is 0 Å². The van der Waals surface area contributed by atoms with Crippen molar-refractivity contribution in [1.82, 2.24) is 0 Å². The highest BCUT2D eigenvalue weighted by Gasteiger charge is 2.41. The van der Waals surface area contributed by atoms with Gasteiger partial charge in [-0.3, -0.25) is 0 Å². The molecule has 0 bridgehead atoms. The van der Waals surface area contributed by atoms with Crippen LogP contribution < -0.4 is 4.74 Å². The second-order valence-electron chi connectivity index (χ2n) is 16.2. The van der Waals surface area contributed by atoms with Gasteiger partial charge in [-0.2, -0.15) is 8.78 Å². The van der Waals surface area contributed by atoms with E-state index in [1.165, 1.54) is 62.5 Å². The fourth-order valence-corrected chi connectivity index (χ4v) is 8.22. The lowest BCUT2D eigenvalue weighted by atomic mass is 9.77. The Kier molecular flexibility index (Phi) is 15.7. The summed E-state index contributed by atoms with van der Waals surface area (Å²) >= 11 is 0. The summed E-state index contributed by atoms with van der Waals surface area (Å²) in [6, 6.07) is 31.2. The van der Waals surface area contributed by atoms with E-state index in [1.54, 1.807) is 30.3 Å². The van der Waals surface area contributed by atoms with E-state index in [4.69, 9.17) is 0 Å². The molecule has 0 amide bonds. The van der Waals surface area contributed by atoms with Gasteiger partial charge in [-0.25, -0.2) is 26.3 Å². The Bertz CT molecular complexity index is 2340. The van der Waals surface area contributed by atoms with Crippen LogP contribution in [0, 0.1) is 40.8 Å². The van der Waals surface area contributed by atoms with E-state index >= 15 is 0 Å². The molecule has 7 rings (SSSR count). The van der Waals surface area contributed by atoms with E-state index in [-0.39, 0.29) is 23.5 Å². The standard InChI is InChI=1S/C31H37F.C22H15F7O/c1-3-5-6-7-24-10-12-25(13-11-24)26-16-18-27(19-17-26)29-20-21-30(31(32)22-29)28-14-8-23(4-2)9-15-28;1-2-3-12-4-6-13(7-5-12)14-8-16(23)20(17(24)9-14)22(28,29)30-15-10-18(25)21(27)19(26)11-15/h8-9,14-22,24-25H,3-7,10-13H2,1-2H3;4-11H,2-3H2,1H3. The van der Waals surface area contributed by atoms with Crippen molar-refractivity contribution in [3.63, 3.8) is 0 Å². The molecule has 0 aliphatic heterocycles. The summed E-state index contributed by atoms with van der Waals surface area (Å²) in [6.45, 7) is 6.41. The minimum atomic E-state index is -4.62. The number of aryl methyl sites for hydroxylation is 2. The van der Waals surface area contributed by atoms with E-state index in [2.05, 4.69) is 55.0 Å². The van der Waals surface area contributed by atoms with Gasteiger partial charge in [-0.1, -0.05) is 138 Å². The number of hydrogen-bond donors (Lipinski definition) is 0. The molecule has 0 radical (unpaired) electrons. The van der Waals surface area contributed by atoms with E-state index in [9.17, 15) is 35.1 Å². The van der Waals surface area contributed by atoms with Gasteiger partial charge in [0.2, 0.25) is 0 Å². The summed E-state index contributed by atoms with van der Waals surface area (Å²) in [4.78, 5) is 0. The Balaban J connectivity index is 0.000000207. The lowest BCUT2D eigenvalue weighted by molar-refractivity contribution is -0.189. The van der Waals surface area contributed by atoms with Crippen molar-refractivity contribution in [3.8, 4) is 39.1 Å². The number of unbranched alkanes of at least 4 members (excludes halogenated alkanes) is 2. The monoisotopic (exact) mass is 856 g/mol. The molecule has 6 aromatic rings. The molecule has 0 aromatic heterocycles. The van der Waals surface area contributed by atoms with Crippen LogP contribution >= 0.6 is 0 Å². The predicted octanol–water partition coefficient (Wildman–Crippen LogP) is 16.7. The maximum atomic E-state index is 14.9. The first-order chi connectivity index (χ1) is 29.8. The summed E-state index contributed by atoms with van der Waals surface area (Å²) in [5.41, 5.74) is 6.07. The van der Waals surface area contributed by atoms with Crippen molar-refractivity contribution in [2.75, 3.05) is 0 Å². The minimum absolute atomic E-state index is 0.0199. The largest absolute Gasteiger partial charge is 0.432 e. The minimum Gasteiger partial charge on any atom is -0.429 e. The van der Waals surface area contributed by atoms with Crippen LogP contribution in [0.2, 0.25) is 0 Å². The van der Waals surface area contributed by atoms with Crippen LogP contribution in [0.4, 0.5) is 35.1 Å². The summed E-state index contributed by atoms with van der Waals surface area (Å²) < 4.78 is 116. The zero-order chi connectivity index (χ0) is 44.4. The van der Waals surface area contributed by atoms with Crippen LogP contribution in [0.3, 0.4) is 0 Å². The Morgan fingerprint density at radius 1 is 0.516 bits per heavy atom. The van der Waals surface area contributed by atoms with E-state index in [0.717, 1.165) is 47.4 Å². The van der Waals surface area contributed by atoms with Gasteiger partial charge in [-0.05, 0) is 113 Å². The maximum absolute atomic E-state index is 14.9. The second-order valence-corrected chi connectivity index (χ2v) is 16.2. The van der Waals surface area contributed by atoms with Crippen molar-refractivity contribution in [2.45, 2.75) is 103 Å². The summed E-state index contributed by atoms with van der Waals surface area (Å²) in [5.74, 6) is -8.35. The van der Waals surface area contributed by atoms with Crippen LogP contribution in [0.1, 0.15) is 107 Å². The number of alkyl halides is 2. The predicted molar refractivity (Wildman–Crippen MR) is 232 cm³/mol. The normalized spacial score (nSPS) is 15.2. The zero-order valence-corrected chi connectivity index (χ0v) is 35.3. The fourth-order valence-electron chi connectivity index (χ4n) is 8.22. The number of rotatable bonds is 14. The Hall–Kier alpha value is -5.44. The fraction of sp³-hybridized carbons (Fsp3) is 0.321. The molecule has 0 spiro atoms. The lowest BCUT2D eigenvalue weighted by Gasteiger charge is -2.29. The first-order valence-corrected chi connectivity index (χ1v) is 21.6. The molecule has 6 aromatic carbocycles. The first-order valence-electron chi connectivity index (χ1n) is 21.6. The van der Waals surface area contributed by atoms with Crippen molar-refractivity contribution in [1.29, 1.82) is 0 Å². The first kappa shape index (κ1) is 46.1. The molecule has 1 saturated carbocycles. The van der Waals surface area contributed by atoms with Gasteiger partial charge in [0.15, 0.2) is 17.5 Å². The Labute approximate surface area is 359 Å². The lowest BCUT2D eigenvalue weighted by Crippen LogP contribution is -2.25. The third-order valence-corrected chi connectivity index (χ3v) is 11.8. The number of benzene rings is 6. The molecule has 1 aliphatic carbocycles. The van der Waals surface area contributed by atoms with Crippen molar-refractivity contribution >= 4 is 0 Å². The topological polar surface area (TPSA) is 9.23 Å². The summed E-state index contributed by atoms with van der Waals surface area (Å²) in [6.07, 6.45) is 9.02. The SMILES string of the molecule is CCCCCC1CCC(c2ccc(-c3ccc(-c4ccc(CC)cc4)c(F)c3)cc2)CC1.CCCc1ccc(-c2cc(F)c(C(F)(F)Oc3cc(F)c(F)c(F)c3)c(F)c2)cc1. The van der Waals surface area contributed by atoms with E-state index < -0.39 is 46.5 Å². The van der Waals surface area contributed by atoms with Gasteiger partial charge in [0, 0.05) is 17.7 Å².